The van der Waals surface area contributed by atoms with Gasteiger partial charge in [-0.1, -0.05) is 6.42 Å². The zero-order valence-corrected chi connectivity index (χ0v) is 12.4. The fourth-order valence-electron chi connectivity index (χ4n) is 2.94. The van der Waals surface area contributed by atoms with Gasteiger partial charge in [0.05, 0.1) is 6.61 Å². The lowest BCUT2D eigenvalue weighted by Gasteiger charge is -2.31. The van der Waals surface area contributed by atoms with Gasteiger partial charge < -0.3 is 15.6 Å². The predicted molar refractivity (Wildman–Crippen MR) is 75.1 cm³/mol. The summed E-state index contributed by atoms with van der Waals surface area (Å²) in [5.74, 6) is -0.753. The monoisotopic (exact) mass is 272 g/mol. The van der Waals surface area contributed by atoms with Gasteiger partial charge in [0.15, 0.2) is 0 Å². The van der Waals surface area contributed by atoms with Gasteiger partial charge >= 0.3 is 5.97 Å². The van der Waals surface area contributed by atoms with Crippen LogP contribution in [0.1, 0.15) is 39.5 Å². The van der Waals surface area contributed by atoms with Gasteiger partial charge in [-0.2, -0.15) is 0 Å². The van der Waals surface area contributed by atoms with Gasteiger partial charge in [0, 0.05) is 19.7 Å². The molecular weight excluding hydrogens is 244 g/mol. The number of rotatable bonds is 8. The first-order chi connectivity index (χ1) is 8.91. The molecule has 1 aliphatic carbocycles. The van der Waals surface area contributed by atoms with Crippen molar-refractivity contribution >= 4 is 5.97 Å². The summed E-state index contributed by atoms with van der Waals surface area (Å²) >= 11 is 0. The van der Waals surface area contributed by atoms with Crippen molar-refractivity contribution in [3.8, 4) is 0 Å². The molecule has 112 valence electrons. The summed E-state index contributed by atoms with van der Waals surface area (Å²) in [6.07, 6.45) is 3.31. The topological polar surface area (TPSA) is 75.8 Å². The lowest BCUT2D eigenvalue weighted by Crippen LogP contribution is -2.51. The third kappa shape index (κ3) is 4.16. The van der Waals surface area contributed by atoms with E-state index in [9.17, 15) is 9.90 Å². The summed E-state index contributed by atoms with van der Waals surface area (Å²) in [6, 6.07) is 0.438. The molecule has 1 aliphatic rings. The van der Waals surface area contributed by atoms with Crippen molar-refractivity contribution < 1.29 is 14.6 Å². The Morgan fingerprint density at radius 1 is 1.53 bits per heavy atom. The van der Waals surface area contributed by atoms with Crippen molar-refractivity contribution in [2.75, 3.05) is 26.8 Å². The molecule has 5 heteroatoms. The highest BCUT2D eigenvalue weighted by Gasteiger charge is 2.45. The number of ether oxygens (including phenoxy) is 1. The Morgan fingerprint density at radius 3 is 2.74 bits per heavy atom. The third-order valence-electron chi connectivity index (χ3n) is 4.35. The summed E-state index contributed by atoms with van der Waals surface area (Å²) < 4.78 is 5.11. The van der Waals surface area contributed by atoms with E-state index in [2.05, 4.69) is 18.7 Å². The lowest BCUT2D eigenvalue weighted by atomic mass is 9.85. The highest BCUT2D eigenvalue weighted by molar-refractivity contribution is 5.79. The van der Waals surface area contributed by atoms with Crippen LogP contribution in [0.3, 0.4) is 0 Å². The van der Waals surface area contributed by atoms with Crippen LogP contribution in [0.2, 0.25) is 0 Å². The van der Waals surface area contributed by atoms with Crippen LogP contribution in [0.25, 0.3) is 0 Å². The van der Waals surface area contributed by atoms with Gasteiger partial charge in [0.1, 0.15) is 5.54 Å². The molecule has 0 heterocycles. The number of nitrogens with zero attached hydrogens (tertiary/aromatic N) is 1. The summed E-state index contributed by atoms with van der Waals surface area (Å²) in [5.41, 5.74) is 5.06. The normalized spacial score (nSPS) is 27.4. The van der Waals surface area contributed by atoms with Crippen LogP contribution in [-0.4, -0.2) is 54.4 Å². The molecular formula is C14H28N2O3. The molecule has 0 bridgehead atoms. The lowest BCUT2D eigenvalue weighted by molar-refractivity contribution is -0.144. The van der Waals surface area contributed by atoms with Crippen molar-refractivity contribution in [3.63, 3.8) is 0 Å². The van der Waals surface area contributed by atoms with Crippen LogP contribution in [0.5, 0.6) is 0 Å². The number of hydrogen-bond acceptors (Lipinski definition) is 4. The molecule has 0 aromatic heterocycles. The number of aliphatic carboxylic acids is 1. The number of carboxylic acid groups (broad SMARTS) is 1. The first-order valence-corrected chi connectivity index (χ1v) is 7.17. The Balaban J connectivity index is 2.51. The molecule has 1 saturated carbocycles. The number of carboxylic acids is 1. The Labute approximate surface area is 116 Å². The zero-order valence-electron chi connectivity index (χ0n) is 12.4. The summed E-state index contributed by atoms with van der Waals surface area (Å²) in [5, 5.41) is 9.30. The molecule has 1 fully saturated rings. The summed E-state index contributed by atoms with van der Waals surface area (Å²) in [7, 11) is 1.70. The molecule has 0 aromatic carbocycles. The SMILES string of the molecule is COCCN(CCC1CCCC1(N)C(=O)O)C(C)C. The molecule has 0 radical (unpaired) electrons. The van der Waals surface area contributed by atoms with Crippen LogP contribution in [0.15, 0.2) is 0 Å². The highest BCUT2D eigenvalue weighted by Crippen LogP contribution is 2.36. The van der Waals surface area contributed by atoms with Crippen molar-refractivity contribution in [2.24, 2.45) is 11.7 Å². The standard InChI is InChI=1S/C14H28N2O3/c1-11(2)16(9-10-19-3)8-6-12-5-4-7-14(12,15)13(17)18/h11-12H,4-10,15H2,1-3H3,(H,17,18). The van der Waals surface area contributed by atoms with Crippen molar-refractivity contribution in [1.29, 1.82) is 0 Å². The molecule has 0 amide bonds. The minimum Gasteiger partial charge on any atom is -0.480 e. The average Bonchev–Trinajstić information content (AvgIpc) is 2.72. The number of nitrogens with two attached hydrogens (primary N) is 1. The molecule has 0 aliphatic heterocycles. The molecule has 0 aromatic rings. The fourth-order valence-corrected chi connectivity index (χ4v) is 2.94. The van der Waals surface area contributed by atoms with E-state index in [1.54, 1.807) is 7.11 Å². The van der Waals surface area contributed by atoms with Crippen molar-refractivity contribution in [1.82, 2.24) is 4.90 Å². The maximum Gasteiger partial charge on any atom is 0.323 e. The number of hydrogen-bond donors (Lipinski definition) is 2. The van der Waals surface area contributed by atoms with E-state index in [0.29, 0.717) is 19.1 Å². The van der Waals surface area contributed by atoms with E-state index < -0.39 is 11.5 Å². The van der Waals surface area contributed by atoms with Crippen molar-refractivity contribution in [3.05, 3.63) is 0 Å². The quantitative estimate of drug-likeness (QED) is 0.697. The van der Waals surface area contributed by atoms with E-state index >= 15 is 0 Å². The fraction of sp³-hybridized carbons (Fsp3) is 0.929. The van der Waals surface area contributed by atoms with E-state index in [4.69, 9.17) is 10.5 Å². The molecule has 0 saturated heterocycles. The molecule has 0 spiro atoms. The Bertz CT molecular complexity index is 296. The Kier molecular flexibility index (Phi) is 6.23. The van der Waals surface area contributed by atoms with Crippen molar-refractivity contribution in [2.45, 2.75) is 51.1 Å². The van der Waals surface area contributed by atoms with Gasteiger partial charge in [-0.05, 0) is 45.6 Å². The summed E-state index contributed by atoms with van der Waals surface area (Å²) in [6.45, 7) is 6.77. The highest BCUT2D eigenvalue weighted by atomic mass is 16.5. The van der Waals surface area contributed by atoms with Gasteiger partial charge in [-0.15, -0.1) is 0 Å². The van der Waals surface area contributed by atoms with Gasteiger partial charge in [0.25, 0.3) is 0 Å². The Morgan fingerprint density at radius 2 is 2.21 bits per heavy atom. The molecule has 19 heavy (non-hydrogen) atoms. The molecule has 1 rings (SSSR count). The predicted octanol–water partition coefficient (Wildman–Crippen LogP) is 1.32. The minimum atomic E-state index is -1.01. The van der Waals surface area contributed by atoms with Gasteiger partial charge in [-0.3, -0.25) is 9.69 Å². The number of carbonyl (C=O) groups is 1. The smallest absolute Gasteiger partial charge is 0.323 e. The van der Waals surface area contributed by atoms with Crippen LogP contribution in [0, 0.1) is 5.92 Å². The molecule has 3 N–H and O–H groups in total. The second-order valence-electron chi connectivity index (χ2n) is 5.85. The second-order valence-corrected chi connectivity index (χ2v) is 5.85. The van der Waals surface area contributed by atoms with Crippen LogP contribution < -0.4 is 5.73 Å². The minimum absolute atomic E-state index is 0.0915. The maximum atomic E-state index is 11.3. The van der Waals surface area contributed by atoms with Gasteiger partial charge in [0.2, 0.25) is 0 Å². The maximum absolute atomic E-state index is 11.3. The average molecular weight is 272 g/mol. The zero-order chi connectivity index (χ0) is 14.5. The van der Waals surface area contributed by atoms with Crippen LogP contribution >= 0.6 is 0 Å². The first-order valence-electron chi connectivity index (χ1n) is 7.17. The number of methoxy groups -OCH3 is 1. The van der Waals surface area contributed by atoms with E-state index in [1.165, 1.54) is 0 Å². The van der Waals surface area contributed by atoms with E-state index in [0.717, 1.165) is 32.4 Å². The second kappa shape index (κ2) is 7.22. The summed E-state index contributed by atoms with van der Waals surface area (Å²) in [4.78, 5) is 13.6. The van der Waals surface area contributed by atoms with E-state index in [-0.39, 0.29) is 5.92 Å². The first kappa shape index (κ1) is 16.4. The van der Waals surface area contributed by atoms with E-state index in [1.807, 2.05) is 0 Å². The molecule has 2 unspecified atom stereocenters. The largest absolute Gasteiger partial charge is 0.480 e. The van der Waals surface area contributed by atoms with Gasteiger partial charge in [-0.25, -0.2) is 0 Å². The van der Waals surface area contributed by atoms with Crippen LogP contribution in [-0.2, 0) is 9.53 Å². The molecule has 5 nitrogen and oxygen atoms in total. The van der Waals surface area contributed by atoms with Crippen LogP contribution in [0.4, 0.5) is 0 Å². The molecule has 2 atom stereocenters. The Hall–Kier alpha value is -0.650. The third-order valence-corrected chi connectivity index (χ3v) is 4.35.